The van der Waals surface area contributed by atoms with E-state index in [4.69, 9.17) is 4.74 Å². The second-order valence-electron chi connectivity index (χ2n) is 5.79. The quantitative estimate of drug-likeness (QED) is 0.735. The zero-order valence-electron chi connectivity index (χ0n) is 11.5. The number of piperidine rings is 1. The zero-order chi connectivity index (χ0) is 12.1. The molecule has 2 fully saturated rings. The van der Waals surface area contributed by atoms with Gasteiger partial charge in [-0.3, -0.25) is 0 Å². The molecule has 1 heterocycles. The Balaban J connectivity index is 1.59. The van der Waals surface area contributed by atoms with Gasteiger partial charge in [-0.1, -0.05) is 0 Å². The average Bonchev–Trinajstić information content (AvgIpc) is 3.18. The van der Waals surface area contributed by atoms with Crippen LogP contribution < -0.4 is 5.32 Å². The first-order valence-corrected chi connectivity index (χ1v) is 7.26. The van der Waals surface area contributed by atoms with E-state index in [0.29, 0.717) is 6.04 Å². The van der Waals surface area contributed by atoms with Crippen LogP contribution in [0.3, 0.4) is 0 Å². The van der Waals surface area contributed by atoms with Gasteiger partial charge in [-0.05, 0) is 64.6 Å². The maximum atomic E-state index is 5.16. The molecular formula is C14H28N2O. The molecule has 0 bridgehead atoms. The van der Waals surface area contributed by atoms with Crippen LogP contribution in [0.1, 0.15) is 39.0 Å². The Labute approximate surface area is 106 Å². The first-order valence-electron chi connectivity index (χ1n) is 7.26. The molecule has 2 rings (SSSR count). The Kier molecular flexibility index (Phi) is 5.26. The largest absolute Gasteiger partial charge is 0.385 e. The van der Waals surface area contributed by atoms with E-state index in [-0.39, 0.29) is 0 Å². The van der Waals surface area contributed by atoms with Crippen LogP contribution in [0, 0.1) is 5.92 Å². The molecule has 0 radical (unpaired) electrons. The van der Waals surface area contributed by atoms with E-state index in [0.717, 1.165) is 18.6 Å². The molecule has 0 aromatic rings. The molecule has 1 saturated carbocycles. The van der Waals surface area contributed by atoms with E-state index in [1.807, 2.05) is 0 Å². The average molecular weight is 240 g/mol. The molecule has 1 aliphatic heterocycles. The molecule has 0 aromatic heterocycles. The van der Waals surface area contributed by atoms with Gasteiger partial charge in [-0.2, -0.15) is 0 Å². The van der Waals surface area contributed by atoms with Crippen LogP contribution in [-0.2, 0) is 4.74 Å². The highest BCUT2D eigenvalue weighted by atomic mass is 16.5. The van der Waals surface area contributed by atoms with Gasteiger partial charge in [0.05, 0.1) is 0 Å². The summed E-state index contributed by atoms with van der Waals surface area (Å²) in [6.45, 7) is 7.04. The third kappa shape index (κ3) is 4.57. The monoisotopic (exact) mass is 240 g/mol. The predicted octanol–water partition coefficient (Wildman–Crippen LogP) is 1.88. The fraction of sp³-hybridized carbons (Fsp3) is 1.00. The van der Waals surface area contributed by atoms with Gasteiger partial charge in [-0.25, -0.2) is 0 Å². The summed E-state index contributed by atoms with van der Waals surface area (Å²) < 4.78 is 5.16. The van der Waals surface area contributed by atoms with E-state index < -0.39 is 0 Å². The summed E-state index contributed by atoms with van der Waals surface area (Å²) >= 11 is 0. The van der Waals surface area contributed by atoms with Crippen molar-refractivity contribution in [3.05, 3.63) is 0 Å². The van der Waals surface area contributed by atoms with Gasteiger partial charge in [0.15, 0.2) is 0 Å². The van der Waals surface area contributed by atoms with Crippen LogP contribution in [0.25, 0.3) is 0 Å². The Hall–Kier alpha value is -0.120. The van der Waals surface area contributed by atoms with E-state index in [1.165, 1.54) is 51.7 Å². The standard InChI is InChI=1S/C14H28N2O/c1-12(7-10-17-2)16-8-5-13(6-9-16)11-15-14-3-4-14/h12-15H,3-11H2,1-2H3. The number of ether oxygens (including phenoxy) is 1. The molecule has 100 valence electrons. The van der Waals surface area contributed by atoms with Crippen molar-refractivity contribution in [3.8, 4) is 0 Å². The first-order chi connectivity index (χ1) is 8.29. The molecule has 1 unspecified atom stereocenters. The molecule has 2 aliphatic rings. The Morgan fingerprint density at radius 1 is 1.24 bits per heavy atom. The van der Waals surface area contributed by atoms with Crippen molar-refractivity contribution in [1.29, 1.82) is 0 Å². The normalized spacial score (nSPS) is 25.1. The third-order valence-corrected chi connectivity index (χ3v) is 4.28. The van der Waals surface area contributed by atoms with E-state index in [1.54, 1.807) is 7.11 Å². The van der Waals surface area contributed by atoms with Crippen LogP contribution >= 0.6 is 0 Å². The summed E-state index contributed by atoms with van der Waals surface area (Å²) in [6.07, 6.45) is 6.73. The summed E-state index contributed by atoms with van der Waals surface area (Å²) in [5.41, 5.74) is 0. The van der Waals surface area contributed by atoms with Crippen LogP contribution in [0.4, 0.5) is 0 Å². The number of nitrogens with zero attached hydrogens (tertiary/aromatic N) is 1. The maximum absolute atomic E-state index is 5.16. The van der Waals surface area contributed by atoms with E-state index in [2.05, 4.69) is 17.1 Å². The highest BCUT2D eigenvalue weighted by molar-refractivity contribution is 4.84. The van der Waals surface area contributed by atoms with Gasteiger partial charge in [0.2, 0.25) is 0 Å². The molecule has 1 N–H and O–H groups in total. The lowest BCUT2D eigenvalue weighted by Crippen LogP contribution is -2.42. The van der Waals surface area contributed by atoms with Gasteiger partial charge in [0.1, 0.15) is 0 Å². The van der Waals surface area contributed by atoms with Crippen molar-refractivity contribution in [1.82, 2.24) is 10.2 Å². The summed E-state index contributed by atoms with van der Waals surface area (Å²) in [5.74, 6) is 0.918. The van der Waals surface area contributed by atoms with Crippen molar-refractivity contribution in [2.45, 2.75) is 51.1 Å². The molecule has 1 atom stereocenters. The van der Waals surface area contributed by atoms with Crippen molar-refractivity contribution < 1.29 is 4.74 Å². The molecule has 0 aromatic carbocycles. The van der Waals surface area contributed by atoms with Crippen LogP contribution in [0.15, 0.2) is 0 Å². The van der Waals surface area contributed by atoms with Crippen molar-refractivity contribution >= 4 is 0 Å². The molecule has 0 spiro atoms. The van der Waals surface area contributed by atoms with Crippen molar-refractivity contribution in [2.24, 2.45) is 5.92 Å². The van der Waals surface area contributed by atoms with E-state index >= 15 is 0 Å². The topological polar surface area (TPSA) is 24.5 Å². The molecule has 1 aliphatic carbocycles. The SMILES string of the molecule is COCCC(C)N1CCC(CNC2CC2)CC1. The Bertz CT molecular complexity index is 210. The minimum atomic E-state index is 0.687. The molecule has 3 nitrogen and oxygen atoms in total. The molecule has 17 heavy (non-hydrogen) atoms. The van der Waals surface area contributed by atoms with Gasteiger partial charge >= 0.3 is 0 Å². The summed E-state index contributed by atoms with van der Waals surface area (Å²) in [7, 11) is 1.79. The minimum Gasteiger partial charge on any atom is -0.385 e. The Morgan fingerprint density at radius 2 is 1.94 bits per heavy atom. The van der Waals surface area contributed by atoms with Gasteiger partial charge in [0.25, 0.3) is 0 Å². The minimum absolute atomic E-state index is 0.687. The third-order valence-electron chi connectivity index (χ3n) is 4.28. The fourth-order valence-corrected chi connectivity index (χ4v) is 2.69. The maximum Gasteiger partial charge on any atom is 0.0477 e. The van der Waals surface area contributed by atoms with Crippen molar-refractivity contribution in [3.63, 3.8) is 0 Å². The van der Waals surface area contributed by atoms with Crippen LogP contribution in [0.5, 0.6) is 0 Å². The molecule has 3 heteroatoms. The van der Waals surface area contributed by atoms with Gasteiger partial charge in [-0.15, -0.1) is 0 Å². The number of nitrogens with one attached hydrogen (secondary N) is 1. The Morgan fingerprint density at radius 3 is 2.53 bits per heavy atom. The zero-order valence-corrected chi connectivity index (χ0v) is 11.5. The van der Waals surface area contributed by atoms with Gasteiger partial charge < -0.3 is 15.0 Å². The lowest BCUT2D eigenvalue weighted by Gasteiger charge is -2.36. The number of hydrogen-bond acceptors (Lipinski definition) is 3. The van der Waals surface area contributed by atoms with Gasteiger partial charge in [0, 0.05) is 25.8 Å². The number of methoxy groups -OCH3 is 1. The predicted molar refractivity (Wildman–Crippen MR) is 71.3 cm³/mol. The van der Waals surface area contributed by atoms with Crippen molar-refractivity contribution in [2.75, 3.05) is 33.4 Å². The summed E-state index contributed by atoms with van der Waals surface area (Å²) in [4.78, 5) is 2.63. The lowest BCUT2D eigenvalue weighted by atomic mass is 9.95. The molecular weight excluding hydrogens is 212 g/mol. The lowest BCUT2D eigenvalue weighted by molar-refractivity contribution is 0.106. The second kappa shape index (κ2) is 6.72. The fourth-order valence-electron chi connectivity index (χ4n) is 2.69. The first kappa shape index (κ1) is 13.3. The summed E-state index contributed by atoms with van der Waals surface area (Å²) in [6, 6.07) is 1.56. The smallest absolute Gasteiger partial charge is 0.0477 e. The highest BCUT2D eigenvalue weighted by Crippen LogP contribution is 2.22. The number of rotatable bonds is 7. The number of hydrogen-bond donors (Lipinski definition) is 1. The molecule has 0 amide bonds. The van der Waals surface area contributed by atoms with Crippen LogP contribution in [0.2, 0.25) is 0 Å². The molecule has 1 saturated heterocycles. The highest BCUT2D eigenvalue weighted by Gasteiger charge is 2.25. The van der Waals surface area contributed by atoms with E-state index in [9.17, 15) is 0 Å². The van der Waals surface area contributed by atoms with Crippen LogP contribution in [-0.4, -0.2) is 50.3 Å². The second-order valence-corrected chi connectivity index (χ2v) is 5.79. The number of likely N-dealkylation sites (tertiary alicyclic amines) is 1. The summed E-state index contributed by atoms with van der Waals surface area (Å²) in [5, 5.41) is 3.67.